The van der Waals surface area contributed by atoms with E-state index in [9.17, 15) is 13.5 Å². The Bertz CT molecular complexity index is 1880. The van der Waals surface area contributed by atoms with E-state index in [0.717, 1.165) is 46.5 Å². The highest BCUT2D eigenvalue weighted by Gasteiger charge is 2.39. The van der Waals surface area contributed by atoms with Gasteiger partial charge in [-0.15, -0.1) is 0 Å². The number of nitrogens with one attached hydrogen (secondary N) is 1. The number of hydrogen-bond acceptors (Lipinski definition) is 6. The van der Waals surface area contributed by atoms with Gasteiger partial charge in [0.25, 0.3) is 0 Å². The minimum Gasteiger partial charge on any atom is -0.392 e. The largest absolute Gasteiger partial charge is 0.392 e. The average molecular weight is 663 g/mol. The second-order valence-corrected chi connectivity index (χ2v) is 14.2. The summed E-state index contributed by atoms with van der Waals surface area (Å²) in [5.74, 6) is 0.0685. The van der Waals surface area contributed by atoms with Gasteiger partial charge in [0.2, 0.25) is 10.0 Å². The number of benzene rings is 5. The minimum atomic E-state index is -3.62. The molecule has 1 saturated heterocycles. The molecule has 7 nitrogen and oxygen atoms in total. The Balaban J connectivity index is 1.23. The molecule has 0 aromatic heterocycles. The zero-order valence-electron chi connectivity index (χ0n) is 27.3. The van der Waals surface area contributed by atoms with E-state index in [-0.39, 0.29) is 36.2 Å². The number of ether oxygens (including phenoxy) is 2. The molecule has 0 spiro atoms. The van der Waals surface area contributed by atoms with E-state index in [0.29, 0.717) is 0 Å². The van der Waals surface area contributed by atoms with Crippen LogP contribution in [-0.4, -0.2) is 38.1 Å². The van der Waals surface area contributed by atoms with Crippen LogP contribution in [0.15, 0.2) is 138 Å². The Hall–Kier alpha value is -4.15. The fourth-order valence-corrected chi connectivity index (χ4v) is 7.22. The van der Waals surface area contributed by atoms with E-state index < -0.39 is 16.3 Å². The van der Waals surface area contributed by atoms with Crippen LogP contribution in [0.25, 0.3) is 11.1 Å². The van der Waals surface area contributed by atoms with E-state index in [1.54, 1.807) is 30.3 Å². The predicted molar refractivity (Wildman–Crippen MR) is 188 cm³/mol. The van der Waals surface area contributed by atoms with Crippen LogP contribution in [0.2, 0.25) is 0 Å². The van der Waals surface area contributed by atoms with Gasteiger partial charge in [0.1, 0.15) is 0 Å². The van der Waals surface area contributed by atoms with E-state index in [4.69, 9.17) is 9.47 Å². The average Bonchev–Trinajstić information content (AvgIpc) is 3.12. The first kappa shape index (κ1) is 33.7. The molecule has 0 amide bonds. The zero-order chi connectivity index (χ0) is 33.5. The summed E-state index contributed by atoms with van der Waals surface area (Å²) in [4.78, 5) is 2.53. The SMILES string of the molecule is C[C@H]1[C@@H](CN(C)Cc2ccccc2)O[C@@H](c2cccc(-c3cccc(CNS(=O)(=O)c4ccccc4)c3)c2)O[C@H]1c1ccc(CO)cc1. The summed E-state index contributed by atoms with van der Waals surface area (Å²) in [6.07, 6.45) is -0.916. The van der Waals surface area contributed by atoms with Crippen molar-refractivity contribution in [2.45, 2.75) is 50.0 Å². The van der Waals surface area contributed by atoms with Crippen LogP contribution in [0.5, 0.6) is 0 Å². The van der Waals surface area contributed by atoms with Crippen molar-refractivity contribution < 1.29 is 23.0 Å². The molecule has 48 heavy (non-hydrogen) atoms. The van der Waals surface area contributed by atoms with Crippen molar-refractivity contribution in [3.8, 4) is 11.1 Å². The van der Waals surface area contributed by atoms with Crippen LogP contribution < -0.4 is 4.72 Å². The fraction of sp³-hybridized carbons (Fsp3) is 0.250. The van der Waals surface area contributed by atoms with Gasteiger partial charge in [-0.25, -0.2) is 13.1 Å². The van der Waals surface area contributed by atoms with Crippen LogP contribution in [0.4, 0.5) is 0 Å². The van der Waals surface area contributed by atoms with Gasteiger partial charge >= 0.3 is 0 Å². The summed E-state index contributed by atoms with van der Waals surface area (Å²) in [6, 6.07) is 42.8. The van der Waals surface area contributed by atoms with Gasteiger partial charge in [-0.2, -0.15) is 0 Å². The molecule has 5 aromatic carbocycles. The maximum atomic E-state index is 12.8. The quantitative estimate of drug-likeness (QED) is 0.146. The summed E-state index contributed by atoms with van der Waals surface area (Å²) >= 11 is 0. The number of nitrogens with zero attached hydrogens (tertiary/aromatic N) is 1. The second-order valence-electron chi connectivity index (χ2n) is 12.5. The van der Waals surface area contributed by atoms with Crippen molar-refractivity contribution in [1.82, 2.24) is 9.62 Å². The third-order valence-corrected chi connectivity index (χ3v) is 10.3. The molecule has 2 N–H and O–H groups in total. The topological polar surface area (TPSA) is 88.1 Å². The first-order chi connectivity index (χ1) is 23.3. The normalized spacial score (nSPS) is 19.8. The third kappa shape index (κ3) is 8.28. The van der Waals surface area contributed by atoms with Gasteiger partial charge in [0.15, 0.2) is 6.29 Å². The summed E-state index contributed by atoms with van der Waals surface area (Å²) in [5, 5.41) is 9.61. The molecule has 0 radical (unpaired) electrons. The van der Waals surface area contributed by atoms with Gasteiger partial charge in [0.05, 0.1) is 23.7 Å². The standard InChI is InChI=1S/C40H42N2O5S/c1-29-38(27-42(2)26-30-11-5-3-6-12-30)46-40(47-39(29)33-21-19-31(28-43)20-22-33)36-16-10-15-35(24-36)34-14-9-13-32(23-34)25-41-48(44,45)37-17-7-4-8-18-37/h3-24,29,38-41,43H,25-28H2,1-2H3/t29-,38+,39+,40+/m0/s1. The molecule has 0 saturated carbocycles. The molecule has 4 atom stereocenters. The van der Waals surface area contributed by atoms with E-state index in [1.165, 1.54) is 5.56 Å². The summed E-state index contributed by atoms with van der Waals surface area (Å²) in [6.45, 7) is 3.87. The summed E-state index contributed by atoms with van der Waals surface area (Å²) in [5.41, 5.74) is 6.85. The van der Waals surface area contributed by atoms with Crippen molar-refractivity contribution in [2.75, 3.05) is 13.6 Å². The number of likely N-dealkylation sites (N-methyl/N-ethyl adjacent to an activating group) is 1. The molecule has 6 rings (SSSR count). The molecule has 8 heteroatoms. The predicted octanol–water partition coefficient (Wildman–Crippen LogP) is 7.25. The highest BCUT2D eigenvalue weighted by Crippen LogP contribution is 2.42. The second kappa shape index (κ2) is 15.4. The number of sulfonamides is 1. The smallest absolute Gasteiger partial charge is 0.240 e. The lowest BCUT2D eigenvalue weighted by molar-refractivity contribution is -0.276. The molecular formula is C40H42N2O5S. The van der Waals surface area contributed by atoms with E-state index in [1.807, 2.05) is 72.8 Å². The summed E-state index contributed by atoms with van der Waals surface area (Å²) in [7, 11) is -1.51. The van der Waals surface area contributed by atoms with E-state index >= 15 is 0 Å². The maximum Gasteiger partial charge on any atom is 0.240 e. The molecule has 5 aromatic rings. The van der Waals surface area contributed by atoms with Gasteiger partial charge in [-0.3, -0.25) is 4.90 Å². The number of rotatable bonds is 12. The van der Waals surface area contributed by atoms with Crippen LogP contribution in [-0.2, 0) is 39.2 Å². The fourth-order valence-electron chi connectivity index (χ4n) is 6.18. The first-order valence-corrected chi connectivity index (χ1v) is 17.7. The molecular weight excluding hydrogens is 621 g/mol. The molecule has 0 bridgehead atoms. The number of aliphatic hydroxyl groups excluding tert-OH is 1. The molecule has 1 aliphatic rings. The lowest BCUT2D eigenvalue weighted by Gasteiger charge is -2.42. The minimum absolute atomic E-state index is 0.00705. The van der Waals surface area contributed by atoms with Crippen molar-refractivity contribution in [2.24, 2.45) is 5.92 Å². The Morgan fingerprint density at radius 2 is 1.35 bits per heavy atom. The van der Waals surface area contributed by atoms with Crippen LogP contribution >= 0.6 is 0 Å². The van der Waals surface area contributed by atoms with E-state index in [2.05, 4.69) is 53.9 Å². The molecule has 1 fully saturated rings. The Morgan fingerprint density at radius 3 is 2.06 bits per heavy atom. The molecule has 0 aliphatic carbocycles. The van der Waals surface area contributed by atoms with Gasteiger partial charge in [0, 0.05) is 31.1 Å². The van der Waals surface area contributed by atoms with Crippen LogP contribution in [0.1, 0.15) is 47.1 Å². The van der Waals surface area contributed by atoms with Crippen LogP contribution in [0.3, 0.4) is 0 Å². The molecule has 1 heterocycles. The Kier molecular flexibility index (Phi) is 10.8. The lowest BCUT2D eigenvalue weighted by atomic mass is 9.90. The maximum absolute atomic E-state index is 12.8. The first-order valence-electron chi connectivity index (χ1n) is 16.3. The number of hydrogen-bond donors (Lipinski definition) is 2. The Morgan fingerprint density at radius 1 is 0.708 bits per heavy atom. The monoisotopic (exact) mass is 662 g/mol. The van der Waals surface area contributed by atoms with Gasteiger partial charge < -0.3 is 14.6 Å². The highest BCUT2D eigenvalue weighted by atomic mass is 32.2. The highest BCUT2D eigenvalue weighted by molar-refractivity contribution is 7.89. The molecule has 248 valence electrons. The van der Waals surface area contributed by atoms with Crippen molar-refractivity contribution in [1.29, 1.82) is 0 Å². The van der Waals surface area contributed by atoms with Crippen LogP contribution in [0, 0.1) is 5.92 Å². The van der Waals surface area contributed by atoms with Crippen molar-refractivity contribution in [3.63, 3.8) is 0 Å². The zero-order valence-corrected chi connectivity index (χ0v) is 28.1. The lowest BCUT2D eigenvalue weighted by Crippen LogP contribution is -2.43. The van der Waals surface area contributed by atoms with Crippen molar-refractivity contribution >= 4 is 10.0 Å². The van der Waals surface area contributed by atoms with Crippen molar-refractivity contribution in [3.05, 3.63) is 161 Å². The number of aliphatic hydroxyl groups is 1. The third-order valence-electron chi connectivity index (χ3n) is 8.85. The Labute approximate surface area is 283 Å². The summed E-state index contributed by atoms with van der Waals surface area (Å²) < 4.78 is 41.8. The van der Waals surface area contributed by atoms with Gasteiger partial charge in [-0.1, -0.05) is 116 Å². The molecule has 1 aliphatic heterocycles. The van der Waals surface area contributed by atoms with Gasteiger partial charge in [-0.05, 0) is 64.7 Å². The molecule has 0 unspecified atom stereocenters.